The smallest absolute Gasteiger partial charge is 0.0646 e. The van der Waals surface area contributed by atoms with E-state index in [0.717, 1.165) is 0 Å². The molecule has 88 valence electrons. The van der Waals surface area contributed by atoms with E-state index in [-0.39, 0.29) is 6.04 Å². The van der Waals surface area contributed by atoms with Crippen LogP contribution >= 0.6 is 11.3 Å². The van der Waals surface area contributed by atoms with Crippen molar-refractivity contribution in [2.45, 2.75) is 32.2 Å². The van der Waals surface area contributed by atoms with Gasteiger partial charge in [-0.2, -0.15) is 0 Å². The van der Waals surface area contributed by atoms with Gasteiger partial charge >= 0.3 is 0 Å². The Kier molecular flexibility index (Phi) is 2.77. The second kappa shape index (κ2) is 4.28. The number of aryl methyl sites for hydroxylation is 3. The van der Waals surface area contributed by atoms with Crippen molar-refractivity contribution < 1.29 is 0 Å². The largest absolute Gasteiger partial charge is 0.320 e. The van der Waals surface area contributed by atoms with E-state index in [1.54, 1.807) is 4.88 Å². The molecule has 0 saturated heterocycles. The summed E-state index contributed by atoms with van der Waals surface area (Å²) in [5.41, 5.74) is 10.4. The number of nitrogens with two attached hydrogens (primary N) is 1. The van der Waals surface area contributed by atoms with Crippen molar-refractivity contribution in [1.29, 1.82) is 0 Å². The molecule has 0 spiro atoms. The Hall–Kier alpha value is -1.12. The third-order valence-electron chi connectivity index (χ3n) is 3.51. The highest BCUT2D eigenvalue weighted by Gasteiger charge is 2.18. The van der Waals surface area contributed by atoms with Gasteiger partial charge in [-0.15, -0.1) is 11.3 Å². The first-order chi connectivity index (χ1) is 8.24. The van der Waals surface area contributed by atoms with Crippen LogP contribution in [-0.2, 0) is 12.8 Å². The molecular weight excluding hydrogens is 226 g/mol. The lowest BCUT2D eigenvalue weighted by atomic mass is 10.0. The summed E-state index contributed by atoms with van der Waals surface area (Å²) in [6.07, 6.45) is 3.81. The second-order valence-corrected chi connectivity index (χ2v) is 6.01. The lowest BCUT2D eigenvalue weighted by Crippen LogP contribution is -2.10. The average molecular weight is 243 g/mol. The average Bonchev–Trinajstić information content (AvgIpc) is 2.89. The number of hydrogen-bond acceptors (Lipinski definition) is 2. The molecule has 0 radical (unpaired) electrons. The van der Waals surface area contributed by atoms with E-state index < -0.39 is 0 Å². The van der Waals surface area contributed by atoms with Crippen LogP contribution in [0.4, 0.5) is 0 Å². The number of hydrogen-bond donors (Lipinski definition) is 1. The molecule has 0 aliphatic heterocycles. The maximum Gasteiger partial charge on any atom is 0.0646 e. The van der Waals surface area contributed by atoms with Gasteiger partial charge in [0.25, 0.3) is 0 Å². The van der Waals surface area contributed by atoms with Gasteiger partial charge in [0.05, 0.1) is 6.04 Å². The Labute approximate surface area is 106 Å². The summed E-state index contributed by atoms with van der Waals surface area (Å²) in [6, 6.07) is 10.9. The number of thiophene rings is 1. The number of rotatable bonds is 2. The van der Waals surface area contributed by atoms with E-state index in [0.29, 0.717) is 0 Å². The van der Waals surface area contributed by atoms with Gasteiger partial charge in [-0.05, 0) is 43.4 Å². The fourth-order valence-corrected chi connectivity index (χ4v) is 3.73. The Morgan fingerprint density at radius 1 is 1.18 bits per heavy atom. The lowest BCUT2D eigenvalue weighted by Gasteiger charge is -2.10. The summed E-state index contributed by atoms with van der Waals surface area (Å²) in [4.78, 5) is 2.88. The maximum atomic E-state index is 6.34. The van der Waals surface area contributed by atoms with Gasteiger partial charge in [-0.25, -0.2) is 0 Å². The minimum atomic E-state index is 0.0474. The molecule has 1 aliphatic rings. The van der Waals surface area contributed by atoms with Gasteiger partial charge < -0.3 is 5.73 Å². The summed E-state index contributed by atoms with van der Waals surface area (Å²) >= 11 is 1.90. The third-order valence-corrected chi connectivity index (χ3v) is 4.83. The first-order valence-electron chi connectivity index (χ1n) is 6.17. The standard InChI is InChI=1S/C15H17NS/c1-10-5-7-11(8-6-10)15(16)14-9-12-3-2-4-13(12)17-14/h5-9,15H,2-4,16H2,1H3. The monoisotopic (exact) mass is 243 g/mol. The van der Waals surface area contributed by atoms with E-state index in [1.807, 2.05) is 11.3 Å². The zero-order valence-corrected chi connectivity index (χ0v) is 10.9. The van der Waals surface area contributed by atoms with Crippen LogP contribution in [0.15, 0.2) is 30.3 Å². The van der Waals surface area contributed by atoms with Crippen LogP contribution in [0, 0.1) is 6.92 Å². The molecule has 0 saturated carbocycles. The van der Waals surface area contributed by atoms with Crippen molar-refractivity contribution in [1.82, 2.24) is 0 Å². The number of benzene rings is 1. The number of fused-ring (bicyclic) bond motifs is 1. The van der Waals surface area contributed by atoms with Gasteiger partial charge in [0.15, 0.2) is 0 Å². The molecule has 17 heavy (non-hydrogen) atoms. The highest BCUT2D eigenvalue weighted by atomic mass is 32.1. The van der Waals surface area contributed by atoms with Gasteiger partial charge in [0.1, 0.15) is 0 Å². The molecular formula is C15H17NS. The Balaban J connectivity index is 1.90. The first kappa shape index (κ1) is 11.0. The van der Waals surface area contributed by atoms with E-state index in [4.69, 9.17) is 5.73 Å². The van der Waals surface area contributed by atoms with Crippen molar-refractivity contribution in [2.24, 2.45) is 5.73 Å². The second-order valence-electron chi connectivity index (χ2n) is 4.84. The van der Waals surface area contributed by atoms with Gasteiger partial charge in [0.2, 0.25) is 0 Å². The van der Waals surface area contributed by atoms with E-state index in [2.05, 4.69) is 37.3 Å². The molecule has 1 aromatic heterocycles. The fourth-order valence-electron chi connectivity index (χ4n) is 2.44. The molecule has 2 N–H and O–H groups in total. The highest BCUT2D eigenvalue weighted by molar-refractivity contribution is 7.12. The minimum Gasteiger partial charge on any atom is -0.320 e. The van der Waals surface area contributed by atoms with Crippen molar-refractivity contribution in [2.75, 3.05) is 0 Å². The predicted octanol–water partition coefficient (Wildman–Crippen LogP) is 3.59. The SMILES string of the molecule is Cc1ccc(C(N)c2cc3c(s2)CCC3)cc1. The summed E-state index contributed by atoms with van der Waals surface area (Å²) < 4.78 is 0. The quantitative estimate of drug-likeness (QED) is 0.857. The summed E-state index contributed by atoms with van der Waals surface area (Å²) in [5, 5.41) is 0. The van der Waals surface area contributed by atoms with E-state index in [1.165, 1.54) is 40.8 Å². The molecule has 1 nitrogen and oxygen atoms in total. The molecule has 1 heterocycles. The van der Waals surface area contributed by atoms with Crippen LogP contribution in [0.5, 0.6) is 0 Å². The van der Waals surface area contributed by atoms with Crippen LogP contribution in [-0.4, -0.2) is 0 Å². The zero-order valence-electron chi connectivity index (χ0n) is 10.1. The molecule has 1 aromatic carbocycles. The van der Waals surface area contributed by atoms with Crippen LogP contribution in [0.2, 0.25) is 0 Å². The predicted molar refractivity (Wildman–Crippen MR) is 73.6 cm³/mol. The Morgan fingerprint density at radius 2 is 1.94 bits per heavy atom. The maximum absolute atomic E-state index is 6.34. The molecule has 2 aromatic rings. The van der Waals surface area contributed by atoms with Crippen molar-refractivity contribution in [3.8, 4) is 0 Å². The molecule has 3 rings (SSSR count). The molecule has 2 heteroatoms. The Morgan fingerprint density at radius 3 is 2.65 bits per heavy atom. The normalized spacial score (nSPS) is 15.9. The lowest BCUT2D eigenvalue weighted by molar-refractivity contribution is 0.881. The summed E-state index contributed by atoms with van der Waals surface area (Å²) in [7, 11) is 0. The molecule has 0 fully saturated rings. The van der Waals surface area contributed by atoms with Crippen molar-refractivity contribution >= 4 is 11.3 Å². The minimum absolute atomic E-state index is 0.0474. The summed E-state index contributed by atoms with van der Waals surface area (Å²) in [5.74, 6) is 0. The Bertz CT molecular complexity index is 503. The molecule has 1 unspecified atom stereocenters. The van der Waals surface area contributed by atoms with Gasteiger partial charge in [-0.1, -0.05) is 29.8 Å². The molecule has 0 amide bonds. The fraction of sp³-hybridized carbons (Fsp3) is 0.333. The summed E-state index contributed by atoms with van der Waals surface area (Å²) in [6.45, 7) is 2.11. The zero-order chi connectivity index (χ0) is 11.8. The van der Waals surface area contributed by atoms with Crippen molar-refractivity contribution in [3.05, 3.63) is 56.8 Å². The van der Waals surface area contributed by atoms with Crippen LogP contribution in [0.1, 0.15) is 38.9 Å². The first-order valence-corrected chi connectivity index (χ1v) is 6.99. The molecule has 0 bridgehead atoms. The van der Waals surface area contributed by atoms with Gasteiger partial charge in [0, 0.05) is 9.75 Å². The van der Waals surface area contributed by atoms with Crippen LogP contribution < -0.4 is 5.73 Å². The molecule has 1 aliphatic carbocycles. The van der Waals surface area contributed by atoms with E-state index in [9.17, 15) is 0 Å². The molecule has 1 atom stereocenters. The highest BCUT2D eigenvalue weighted by Crippen LogP contribution is 2.35. The topological polar surface area (TPSA) is 26.0 Å². The van der Waals surface area contributed by atoms with Crippen LogP contribution in [0.25, 0.3) is 0 Å². The van der Waals surface area contributed by atoms with E-state index >= 15 is 0 Å². The third kappa shape index (κ3) is 2.03. The van der Waals surface area contributed by atoms with Crippen LogP contribution in [0.3, 0.4) is 0 Å². The van der Waals surface area contributed by atoms with Gasteiger partial charge in [-0.3, -0.25) is 0 Å². The van der Waals surface area contributed by atoms with Crippen molar-refractivity contribution in [3.63, 3.8) is 0 Å².